The highest BCUT2D eigenvalue weighted by Gasteiger charge is 2.32. The monoisotopic (exact) mass is 314 g/mol. The van der Waals surface area contributed by atoms with Crippen molar-refractivity contribution in [2.75, 3.05) is 11.9 Å². The number of anilines is 1. The van der Waals surface area contributed by atoms with Crippen molar-refractivity contribution in [1.29, 1.82) is 0 Å². The fourth-order valence-electron chi connectivity index (χ4n) is 2.15. The number of pyridine rings is 1. The third kappa shape index (κ3) is 2.76. The lowest BCUT2D eigenvalue weighted by molar-refractivity contribution is -0.137. The number of hydrogen-bond donors (Lipinski definition) is 1. The van der Waals surface area contributed by atoms with Gasteiger partial charge in [0, 0.05) is 11.8 Å². The molecule has 1 N–H and O–H groups in total. The zero-order chi connectivity index (χ0) is 15.0. The maximum atomic E-state index is 12.6. The molecule has 110 valence electrons. The average Bonchev–Trinajstić information content (AvgIpc) is 2.83. The lowest BCUT2D eigenvalue weighted by Crippen LogP contribution is -2.14. The quantitative estimate of drug-likeness (QED) is 0.897. The molecule has 1 aliphatic heterocycles. The first-order valence-corrected chi connectivity index (χ1v) is 6.54. The Morgan fingerprint density at radius 2 is 2.05 bits per heavy atom. The van der Waals surface area contributed by atoms with Crippen LogP contribution in [0.3, 0.4) is 0 Å². The summed E-state index contributed by atoms with van der Waals surface area (Å²) in [5.74, 6) is 0.952. The summed E-state index contributed by atoms with van der Waals surface area (Å²) in [7, 11) is 0. The van der Waals surface area contributed by atoms with Crippen molar-refractivity contribution >= 4 is 17.4 Å². The van der Waals surface area contributed by atoms with Crippen molar-refractivity contribution in [3.05, 3.63) is 52.7 Å². The van der Waals surface area contributed by atoms with Gasteiger partial charge < -0.3 is 10.1 Å². The fraction of sp³-hybridized carbons (Fsp3) is 0.214. The van der Waals surface area contributed by atoms with E-state index in [0.717, 1.165) is 23.6 Å². The lowest BCUT2D eigenvalue weighted by atomic mass is 10.1. The molecule has 0 aliphatic carbocycles. The van der Waals surface area contributed by atoms with E-state index in [-0.39, 0.29) is 16.9 Å². The minimum atomic E-state index is -4.46. The molecule has 0 fully saturated rings. The van der Waals surface area contributed by atoms with Crippen molar-refractivity contribution in [2.24, 2.45) is 0 Å². The van der Waals surface area contributed by atoms with E-state index in [1.54, 1.807) is 0 Å². The van der Waals surface area contributed by atoms with E-state index in [2.05, 4.69) is 10.3 Å². The molecule has 0 saturated heterocycles. The topological polar surface area (TPSA) is 34.2 Å². The molecule has 2 heterocycles. The highest BCUT2D eigenvalue weighted by atomic mass is 35.5. The predicted molar refractivity (Wildman–Crippen MR) is 72.5 cm³/mol. The standard InChI is InChI=1S/C14H10ClF3N2O/c15-10-5-8(14(16,17)18)6-19-13(10)20-11-7-21-12-4-2-1-3-9(11)12/h1-6,11H,7H2,(H,19,20). The Morgan fingerprint density at radius 3 is 2.76 bits per heavy atom. The van der Waals surface area contributed by atoms with Crippen molar-refractivity contribution < 1.29 is 17.9 Å². The summed E-state index contributed by atoms with van der Waals surface area (Å²) < 4.78 is 43.2. The number of nitrogens with one attached hydrogen (secondary N) is 1. The van der Waals surface area contributed by atoms with Gasteiger partial charge in [0.15, 0.2) is 0 Å². The first kappa shape index (κ1) is 14.0. The van der Waals surface area contributed by atoms with Crippen molar-refractivity contribution in [1.82, 2.24) is 4.98 Å². The molecule has 1 aromatic heterocycles. The Morgan fingerprint density at radius 1 is 1.29 bits per heavy atom. The molecule has 21 heavy (non-hydrogen) atoms. The summed E-state index contributed by atoms with van der Waals surface area (Å²) in [5, 5.41) is 2.93. The van der Waals surface area contributed by atoms with Gasteiger partial charge in [-0.05, 0) is 12.1 Å². The predicted octanol–water partition coefficient (Wildman–Crippen LogP) is 4.30. The molecule has 0 bridgehead atoms. The third-order valence-electron chi connectivity index (χ3n) is 3.18. The summed E-state index contributed by atoms with van der Waals surface area (Å²) in [6.45, 7) is 0.373. The molecule has 7 heteroatoms. The molecule has 0 amide bonds. The van der Waals surface area contributed by atoms with Gasteiger partial charge in [-0.2, -0.15) is 13.2 Å². The molecule has 1 atom stereocenters. The molecule has 0 spiro atoms. The number of alkyl halides is 3. The second-order valence-electron chi connectivity index (χ2n) is 4.60. The second-order valence-corrected chi connectivity index (χ2v) is 5.01. The highest BCUT2D eigenvalue weighted by molar-refractivity contribution is 6.33. The first-order chi connectivity index (χ1) is 9.95. The largest absolute Gasteiger partial charge is 0.491 e. The van der Waals surface area contributed by atoms with Crippen LogP contribution in [0.1, 0.15) is 17.2 Å². The van der Waals surface area contributed by atoms with Gasteiger partial charge in [-0.15, -0.1) is 0 Å². The number of nitrogens with zero attached hydrogens (tertiary/aromatic N) is 1. The Kier molecular flexibility index (Phi) is 3.41. The van der Waals surface area contributed by atoms with Crippen LogP contribution < -0.4 is 10.1 Å². The summed E-state index contributed by atoms with van der Waals surface area (Å²) in [6.07, 6.45) is -3.70. The molecule has 0 radical (unpaired) electrons. The minimum absolute atomic E-state index is 0.0748. The van der Waals surface area contributed by atoms with Crippen LogP contribution in [0.5, 0.6) is 5.75 Å². The Hall–Kier alpha value is -1.95. The average molecular weight is 315 g/mol. The van der Waals surface area contributed by atoms with Gasteiger partial charge in [-0.25, -0.2) is 4.98 Å². The van der Waals surface area contributed by atoms with Crippen molar-refractivity contribution in [3.8, 4) is 5.75 Å². The minimum Gasteiger partial charge on any atom is -0.491 e. The molecule has 1 aromatic carbocycles. The summed E-state index contributed by atoms with van der Waals surface area (Å²) in [5.41, 5.74) is 0.0522. The molecule has 1 aliphatic rings. The summed E-state index contributed by atoms with van der Waals surface area (Å²) in [6, 6.07) is 8.10. The zero-order valence-electron chi connectivity index (χ0n) is 10.6. The SMILES string of the molecule is FC(F)(F)c1cnc(NC2COc3ccccc32)c(Cl)c1. The van der Waals surface area contributed by atoms with Gasteiger partial charge in [0.25, 0.3) is 0 Å². The van der Waals surface area contributed by atoms with E-state index in [4.69, 9.17) is 16.3 Å². The molecule has 2 aromatic rings. The number of aromatic nitrogens is 1. The fourth-order valence-corrected chi connectivity index (χ4v) is 2.37. The van der Waals surface area contributed by atoms with Gasteiger partial charge >= 0.3 is 6.18 Å². The number of halogens is 4. The molecule has 3 rings (SSSR count). The number of rotatable bonds is 2. The molecule has 3 nitrogen and oxygen atoms in total. The normalized spacial score (nSPS) is 17.2. The second kappa shape index (κ2) is 5.11. The number of para-hydroxylation sites is 1. The van der Waals surface area contributed by atoms with Gasteiger partial charge in [-0.3, -0.25) is 0 Å². The van der Waals surface area contributed by atoms with E-state index in [1.807, 2.05) is 24.3 Å². The summed E-state index contributed by atoms with van der Waals surface area (Å²) >= 11 is 5.88. The maximum Gasteiger partial charge on any atom is 0.417 e. The first-order valence-electron chi connectivity index (χ1n) is 6.16. The van der Waals surface area contributed by atoms with Crippen LogP contribution in [0.25, 0.3) is 0 Å². The third-order valence-corrected chi connectivity index (χ3v) is 3.47. The lowest BCUT2D eigenvalue weighted by Gasteiger charge is -2.15. The van der Waals surface area contributed by atoms with Gasteiger partial charge in [0.2, 0.25) is 0 Å². The van der Waals surface area contributed by atoms with E-state index < -0.39 is 11.7 Å². The Balaban J connectivity index is 1.84. The van der Waals surface area contributed by atoms with Crippen LogP contribution in [0.4, 0.5) is 19.0 Å². The van der Waals surface area contributed by atoms with E-state index in [0.29, 0.717) is 6.61 Å². The molecular formula is C14H10ClF3N2O. The van der Waals surface area contributed by atoms with Gasteiger partial charge in [0.1, 0.15) is 18.2 Å². The number of ether oxygens (including phenoxy) is 1. The van der Waals surface area contributed by atoms with Crippen LogP contribution in [0.2, 0.25) is 5.02 Å². The van der Waals surface area contributed by atoms with Crippen molar-refractivity contribution in [3.63, 3.8) is 0 Å². The Bertz CT molecular complexity index is 676. The maximum absolute atomic E-state index is 12.6. The molecular weight excluding hydrogens is 305 g/mol. The van der Waals surface area contributed by atoms with E-state index in [9.17, 15) is 13.2 Å². The number of fused-ring (bicyclic) bond motifs is 1. The van der Waals surface area contributed by atoms with Crippen LogP contribution in [0, 0.1) is 0 Å². The van der Waals surface area contributed by atoms with Crippen LogP contribution in [0.15, 0.2) is 36.5 Å². The van der Waals surface area contributed by atoms with Crippen LogP contribution >= 0.6 is 11.6 Å². The van der Waals surface area contributed by atoms with E-state index >= 15 is 0 Å². The molecule has 0 saturated carbocycles. The molecule has 1 unspecified atom stereocenters. The number of hydrogen-bond acceptors (Lipinski definition) is 3. The van der Waals surface area contributed by atoms with Gasteiger partial charge in [0.05, 0.1) is 16.6 Å². The van der Waals surface area contributed by atoms with Crippen molar-refractivity contribution in [2.45, 2.75) is 12.2 Å². The number of benzene rings is 1. The van der Waals surface area contributed by atoms with Crippen LogP contribution in [-0.4, -0.2) is 11.6 Å². The van der Waals surface area contributed by atoms with Gasteiger partial charge in [-0.1, -0.05) is 29.8 Å². The highest BCUT2D eigenvalue weighted by Crippen LogP contribution is 2.36. The Labute approximate surface area is 123 Å². The van der Waals surface area contributed by atoms with E-state index in [1.165, 1.54) is 0 Å². The summed E-state index contributed by atoms with van der Waals surface area (Å²) in [4.78, 5) is 3.76. The zero-order valence-corrected chi connectivity index (χ0v) is 11.4. The smallest absolute Gasteiger partial charge is 0.417 e. The van der Waals surface area contributed by atoms with Crippen LogP contribution in [-0.2, 0) is 6.18 Å².